The summed E-state index contributed by atoms with van der Waals surface area (Å²) in [4.78, 5) is 4.82. The Bertz CT molecular complexity index is 905. The Kier molecular flexibility index (Phi) is 15.7. The van der Waals surface area contributed by atoms with E-state index in [0.717, 1.165) is 77.3 Å². The second-order valence-corrected chi connectivity index (χ2v) is 9.97. The van der Waals surface area contributed by atoms with E-state index in [4.69, 9.17) is 19.2 Å². The minimum absolute atomic E-state index is 0. The van der Waals surface area contributed by atoms with Crippen molar-refractivity contribution < 1.29 is 32.1 Å². The second kappa shape index (κ2) is 17.2. The van der Waals surface area contributed by atoms with E-state index < -0.39 is 0 Å². The Hall–Kier alpha value is -1.39. The first-order valence-electron chi connectivity index (χ1n) is 12.9. The van der Waals surface area contributed by atoms with Gasteiger partial charge in [0.2, 0.25) is 0 Å². The fraction of sp³-hybridized carbons (Fsp3) is 0.548. The third kappa shape index (κ3) is 9.39. The molecule has 4 nitrogen and oxygen atoms in total. The summed E-state index contributed by atoms with van der Waals surface area (Å²) in [5, 5.41) is 0. The molecule has 208 valence electrons. The van der Waals surface area contributed by atoms with Gasteiger partial charge in [0.1, 0.15) is 12.4 Å². The Morgan fingerprint density at radius 2 is 1.41 bits per heavy atom. The van der Waals surface area contributed by atoms with Gasteiger partial charge in [0.25, 0.3) is 0 Å². The predicted molar refractivity (Wildman–Crippen MR) is 153 cm³/mol. The van der Waals surface area contributed by atoms with E-state index in [1.807, 2.05) is 30.3 Å². The van der Waals surface area contributed by atoms with E-state index in [1.165, 1.54) is 23.5 Å². The van der Waals surface area contributed by atoms with Crippen molar-refractivity contribution in [3.63, 3.8) is 0 Å². The summed E-state index contributed by atoms with van der Waals surface area (Å²) >= 11 is 1.47. The average Bonchev–Trinajstić information content (AvgIpc) is 3.08. The van der Waals surface area contributed by atoms with E-state index >= 15 is 0 Å². The van der Waals surface area contributed by atoms with Crippen molar-refractivity contribution in [1.82, 2.24) is 0 Å². The van der Waals surface area contributed by atoms with E-state index in [0.29, 0.717) is 13.2 Å². The normalized spacial score (nSPS) is 25.0. The second-order valence-electron chi connectivity index (χ2n) is 9.97. The number of hydrogen-bond acceptors (Lipinski definition) is 4. The van der Waals surface area contributed by atoms with E-state index in [9.17, 15) is 0 Å². The van der Waals surface area contributed by atoms with Crippen molar-refractivity contribution >= 4 is 21.0 Å². The maximum absolute atomic E-state index is 5.69. The summed E-state index contributed by atoms with van der Waals surface area (Å²) in [5.74, 6) is 6.26. The number of ether oxygens (including phenoxy) is 3. The van der Waals surface area contributed by atoms with Gasteiger partial charge in [-0.2, -0.15) is 0 Å². The van der Waals surface area contributed by atoms with Gasteiger partial charge in [-0.05, 0) is 66.0 Å². The zero-order valence-electron chi connectivity index (χ0n) is 23.8. The molecule has 0 radical (unpaired) electrons. The molecule has 37 heavy (non-hydrogen) atoms. The molecule has 4 rings (SSSR count). The molecule has 0 saturated heterocycles. The summed E-state index contributed by atoms with van der Waals surface area (Å²) in [5.41, 5.74) is 4.36. The molecule has 0 heterocycles. The van der Waals surface area contributed by atoms with Gasteiger partial charge in [0.05, 0.1) is 19.4 Å². The topological polar surface area (TPSA) is 40.0 Å². The summed E-state index contributed by atoms with van der Waals surface area (Å²) in [6.07, 6.45) is 3.13. The molecule has 2 aliphatic carbocycles. The van der Waals surface area contributed by atoms with Crippen molar-refractivity contribution in [2.24, 2.45) is 34.6 Å². The molecule has 0 aromatic heterocycles. The zero-order valence-corrected chi connectivity index (χ0v) is 26.9. The van der Waals surface area contributed by atoms with Crippen LogP contribution in [0.15, 0.2) is 41.4 Å². The number of aryl methyl sites for hydroxylation is 1. The molecule has 0 unspecified atom stereocenters. The van der Waals surface area contributed by atoms with Crippen LogP contribution in [0.4, 0.5) is 5.69 Å². The van der Waals surface area contributed by atoms with E-state index in [-0.39, 0.29) is 7.43 Å². The fourth-order valence-corrected chi connectivity index (χ4v) is 5.18. The first kappa shape index (κ1) is 33.6. The Morgan fingerprint density at radius 3 is 1.92 bits per heavy atom. The van der Waals surface area contributed by atoms with Crippen molar-refractivity contribution in [3.8, 4) is 11.5 Å². The van der Waals surface area contributed by atoms with Crippen LogP contribution in [0.1, 0.15) is 58.6 Å². The maximum atomic E-state index is 5.69. The van der Waals surface area contributed by atoms with Gasteiger partial charge in [0, 0.05) is 12.9 Å². The Balaban J connectivity index is 0.000000444. The standard InChI is InChI=1S/C20H22NO3.C10H20.CH3.ClH.Ir/c1-22-12-13-24-18-9-6-15-4-3-5-20(19(15)14-18)21-16-7-10-17(23-2)11-8-16;1-6-7(2)9(4)10(5)8(6)3;;;/h6-11H,3-5,12-13H2,1-2H3;6-10H,1-5H3;1H3;1H;/q-1;;-1;;+3/p-1. The quantitative estimate of drug-likeness (QED) is 0.224. The SMILES string of the molecule is CC1C(C)C(C)C(C)C1C.COCCOc1[c-]c2c(cc1)CCCC2=Nc1ccc(OC)cc1.[CH3-].[Cl][Ir+2]. The molecule has 2 aromatic carbocycles. The van der Waals surface area contributed by atoms with Crippen LogP contribution in [0, 0.1) is 43.1 Å². The number of aliphatic imine (C=N–C) groups is 1. The van der Waals surface area contributed by atoms with Crippen molar-refractivity contribution in [2.75, 3.05) is 27.4 Å². The van der Waals surface area contributed by atoms with Gasteiger partial charge in [-0.3, -0.25) is 0 Å². The van der Waals surface area contributed by atoms with Crippen LogP contribution in [0.2, 0.25) is 0 Å². The van der Waals surface area contributed by atoms with Crippen molar-refractivity contribution in [2.45, 2.75) is 53.9 Å². The Morgan fingerprint density at radius 1 is 0.838 bits per heavy atom. The van der Waals surface area contributed by atoms with Gasteiger partial charge in [0.15, 0.2) is 0 Å². The number of rotatable bonds is 6. The number of hydrogen-bond donors (Lipinski definition) is 0. The molecule has 0 spiro atoms. The van der Waals surface area contributed by atoms with E-state index in [1.54, 1.807) is 14.2 Å². The number of halogens is 1. The third-order valence-corrected chi connectivity index (χ3v) is 8.18. The molecule has 0 aliphatic heterocycles. The van der Waals surface area contributed by atoms with Gasteiger partial charge in [-0.15, -0.1) is 23.3 Å². The molecule has 0 atom stereocenters. The van der Waals surface area contributed by atoms with Crippen LogP contribution in [0.5, 0.6) is 11.5 Å². The Labute approximate surface area is 240 Å². The van der Waals surface area contributed by atoms with Crippen LogP contribution >= 0.6 is 9.58 Å². The first-order valence-corrected chi connectivity index (χ1v) is 15.8. The predicted octanol–water partition coefficient (Wildman–Crippen LogP) is 8.30. The van der Waals surface area contributed by atoms with Crippen LogP contribution in [-0.2, 0) is 29.0 Å². The van der Waals surface area contributed by atoms with Crippen LogP contribution < -0.4 is 9.47 Å². The number of fused-ring (bicyclic) bond motifs is 1. The monoisotopic (exact) mass is 707 g/mol. The first-order chi connectivity index (χ1) is 17.3. The van der Waals surface area contributed by atoms with Crippen molar-refractivity contribution in [3.05, 3.63) is 61.0 Å². The van der Waals surface area contributed by atoms with Gasteiger partial charge in [-0.25, -0.2) is 0 Å². The number of methoxy groups -OCH3 is 2. The molecule has 0 amide bonds. The molecular weight excluding hydrogens is 662 g/mol. The summed E-state index contributed by atoms with van der Waals surface area (Å²) in [7, 11) is 7.97. The fourth-order valence-electron chi connectivity index (χ4n) is 5.18. The molecule has 1 fully saturated rings. The molecule has 0 bridgehead atoms. The van der Waals surface area contributed by atoms with Crippen LogP contribution in [0.3, 0.4) is 0 Å². The zero-order chi connectivity index (χ0) is 26.7. The molecule has 2 aliphatic rings. The van der Waals surface area contributed by atoms with Gasteiger partial charge >= 0.3 is 27.5 Å². The molecule has 0 N–H and O–H groups in total. The molecule has 6 heteroatoms. The summed E-state index contributed by atoms with van der Waals surface area (Å²) in [6.45, 7) is 13.1. The van der Waals surface area contributed by atoms with Crippen LogP contribution in [-0.4, -0.2) is 33.1 Å². The number of nitrogens with zero attached hydrogens (tertiary/aromatic N) is 1. The van der Waals surface area contributed by atoms with Gasteiger partial charge in [-0.1, -0.05) is 53.5 Å². The molecular formula is C31H45ClIrNO3. The minimum atomic E-state index is 0. The van der Waals surface area contributed by atoms with Crippen molar-refractivity contribution in [1.29, 1.82) is 0 Å². The third-order valence-electron chi connectivity index (χ3n) is 8.18. The molecule has 1 saturated carbocycles. The number of benzene rings is 2. The van der Waals surface area contributed by atoms with Gasteiger partial charge < -0.3 is 26.6 Å². The summed E-state index contributed by atoms with van der Waals surface area (Å²) in [6, 6.07) is 15.3. The van der Waals surface area contributed by atoms with Crippen LogP contribution in [0.25, 0.3) is 0 Å². The average molecular weight is 707 g/mol. The van der Waals surface area contributed by atoms with E-state index in [2.05, 4.69) is 56.3 Å². The molecule has 2 aromatic rings. The summed E-state index contributed by atoms with van der Waals surface area (Å²) < 4.78 is 15.9.